The molecule has 0 amide bonds. The third-order valence-corrected chi connectivity index (χ3v) is 3.88. The Labute approximate surface area is 114 Å². The van der Waals surface area contributed by atoms with E-state index in [1.165, 1.54) is 13.2 Å². The molecule has 1 N–H and O–H groups in total. The van der Waals surface area contributed by atoms with Crippen molar-refractivity contribution in [2.75, 3.05) is 7.11 Å². The molecular weight excluding hydrogens is 273 g/mol. The lowest BCUT2D eigenvalue weighted by molar-refractivity contribution is 0.346. The summed E-state index contributed by atoms with van der Waals surface area (Å²) in [5.41, 5.74) is -0.723. The molecular formula is C13H13ClFNO3. The van der Waals surface area contributed by atoms with E-state index >= 15 is 0 Å². The molecule has 1 saturated carbocycles. The molecule has 2 rings (SSSR count). The zero-order valence-corrected chi connectivity index (χ0v) is 11.1. The van der Waals surface area contributed by atoms with Gasteiger partial charge in [0, 0.05) is 11.6 Å². The summed E-state index contributed by atoms with van der Waals surface area (Å²) in [4.78, 5) is 14.5. The Balaban J connectivity index is 2.75. The van der Waals surface area contributed by atoms with Gasteiger partial charge in [-0.15, -0.1) is 0 Å². The molecule has 102 valence electrons. The Morgan fingerprint density at radius 1 is 1.53 bits per heavy atom. The Hall–Kier alpha value is -1.58. The van der Waals surface area contributed by atoms with Crippen molar-refractivity contribution in [3.05, 3.63) is 22.5 Å². The van der Waals surface area contributed by atoms with E-state index in [0.29, 0.717) is 12.8 Å². The number of hydrogen-bond acceptors (Lipinski definition) is 4. The fraction of sp³-hybridized carbons (Fsp3) is 0.462. The standard InChI is InChI=1S/C13H13ClFNO3/c1-19-12-9(18)6-8(15)11(14)10(12)13(16-7-17)4-2-3-5-13/h6,18H,2-5H2,1H3. The molecule has 6 heteroatoms. The third kappa shape index (κ3) is 2.20. The van der Waals surface area contributed by atoms with Crippen molar-refractivity contribution in [3.8, 4) is 11.5 Å². The Morgan fingerprint density at radius 3 is 2.68 bits per heavy atom. The Kier molecular flexibility index (Phi) is 3.78. The van der Waals surface area contributed by atoms with E-state index < -0.39 is 11.4 Å². The molecule has 0 radical (unpaired) electrons. The molecule has 0 bridgehead atoms. The maximum atomic E-state index is 13.7. The molecule has 19 heavy (non-hydrogen) atoms. The SMILES string of the molecule is COc1c(O)cc(F)c(Cl)c1C1(N=C=O)CCCC1. The minimum absolute atomic E-state index is 0.0623. The summed E-state index contributed by atoms with van der Waals surface area (Å²) < 4.78 is 18.8. The molecule has 0 aliphatic heterocycles. The van der Waals surface area contributed by atoms with Gasteiger partial charge in [-0.2, -0.15) is 4.99 Å². The van der Waals surface area contributed by atoms with Crippen molar-refractivity contribution in [3.63, 3.8) is 0 Å². The molecule has 0 unspecified atom stereocenters. The summed E-state index contributed by atoms with van der Waals surface area (Å²) in [6.07, 6.45) is 4.28. The molecule has 0 spiro atoms. The molecule has 1 aliphatic rings. The van der Waals surface area contributed by atoms with E-state index in [1.54, 1.807) is 0 Å². The van der Waals surface area contributed by atoms with Crippen LogP contribution in [0.5, 0.6) is 11.5 Å². The highest BCUT2D eigenvalue weighted by Gasteiger charge is 2.41. The number of benzene rings is 1. The van der Waals surface area contributed by atoms with E-state index in [-0.39, 0.29) is 22.1 Å². The summed E-state index contributed by atoms with van der Waals surface area (Å²) in [6, 6.07) is 0.887. The molecule has 1 aromatic rings. The second-order valence-electron chi connectivity index (χ2n) is 4.54. The number of isocyanates is 1. The van der Waals surface area contributed by atoms with Crippen molar-refractivity contribution < 1.29 is 19.0 Å². The zero-order chi connectivity index (χ0) is 14.0. The number of phenols is 1. The van der Waals surface area contributed by atoms with Gasteiger partial charge in [0.2, 0.25) is 6.08 Å². The average molecular weight is 286 g/mol. The van der Waals surface area contributed by atoms with Crippen LogP contribution in [-0.4, -0.2) is 18.3 Å². The number of phenolic OH excluding ortho intramolecular Hbond substituents is 1. The van der Waals surface area contributed by atoms with Crippen LogP contribution in [0.2, 0.25) is 5.02 Å². The number of nitrogens with zero attached hydrogens (tertiary/aromatic N) is 1. The van der Waals surface area contributed by atoms with Crippen LogP contribution in [0, 0.1) is 5.82 Å². The van der Waals surface area contributed by atoms with Gasteiger partial charge in [-0.1, -0.05) is 24.4 Å². The number of halogens is 2. The van der Waals surface area contributed by atoms with E-state index in [0.717, 1.165) is 18.9 Å². The Bertz CT molecular complexity index is 549. The van der Waals surface area contributed by atoms with Gasteiger partial charge in [-0.05, 0) is 12.8 Å². The highest BCUT2D eigenvalue weighted by atomic mass is 35.5. The molecule has 1 aliphatic carbocycles. The van der Waals surface area contributed by atoms with Crippen molar-refractivity contribution in [1.29, 1.82) is 0 Å². The molecule has 1 aromatic carbocycles. The molecule has 0 aromatic heterocycles. The second-order valence-corrected chi connectivity index (χ2v) is 4.92. The van der Waals surface area contributed by atoms with E-state index in [9.17, 15) is 14.3 Å². The van der Waals surface area contributed by atoms with Gasteiger partial charge in [0.1, 0.15) is 11.4 Å². The van der Waals surface area contributed by atoms with Crippen LogP contribution in [0.3, 0.4) is 0 Å². The maximum Gasteiger partial charge on any atom is 0.235 e. The first kappa shape index (κ1) is 13.8. The summed E-state index contributed by atoms with van der Waals surface area (Å²) in [6.45, 7) is 0. The number of methoxy groups -OCH3 is 1. The lowest BCUT2D eigenvalue weighted by atomic mass is 9.87. The normalized spacial score (nSPS) is 17.0. The quantitative estimate of drug-likeness (QED) is 0.685. The van der Waals surface area contributed by atoms with Crippen molar-refractivity contribution in [2.45, 2.75) is 31.2 Å². The minimum Gasteiger partial charge on any atom is -0.504 e. The van der Waals surface area contributed by atoms with Gasteiger partial charge in [0.15, 0.2) is 11.5 Å². The number of hydrogen-bond donors (Lipinski definition) is 1. The lowest BCUT2D eigenvalue weighted by Crippen LogP contribution is -2.21. The van der Waals surface area contributed by atoms with Crippen molar-refractivity contribution >= 4 is 17.7 Å². The first-order chi connectivity index (χ1) is 9.05. The van der Waals surface area contributed by atoms with E-state index in [4.69, 9.17) is 16.3 Å². The molecule has 0 atom stereocenters. The van der Waals surface area contributed by atoms with Crippen LogP contribution in [-0.2, 0) is 10.3 Å². The monoisotopic (exact) mass is 285 g/mol. The molecule has 0 heterocycles. The fourth-order valence-corrected chi connectivity index (χ4v) is 3.00. The van der Waals surface area contributed by atoms with Crippen molar-refractivity contribution in [2.24, 2.45) is 4.99 Å². The molecule has 0 saturated heterocycles. The number of aliphatic imine (C=N–C) groups is 1. The first-order valence-electron chi connectivity index (χ1n) is 5.90. The van der Waals surface area contributed by atoms with E-state index in [1.807, 2.05) is 0 Å². The number of rotatable bonds is 3. The average Bonchev–Trinajstić information content (AvgIpc) is 2.83. The largest absolute Gasteiger partial charge is 0.504 e. The summed E-state index contributed by atoms with van der Waals surface area (Å²) in [5, 5.41) is 9.61. The molecule has 4 nitrogen and oxygen atoms in total. The lowest BCUT2D eigenvalue weighted by Gasteiger charge is -2.26. The van der Waals surface area contributed by atoms with Gasteiger partial charge in [0.25, 0.3) is 0 Å². The van der Waals surface area contributed by atoms with Crippen LogP contribution in [0.25, 0.3) is 0 Å². The second kappa shape index (κ2) is 5.19. The summed E-state index contributed by atoms with van der Waals surface area (Å²) >= 11 is 6.00. The highest BCUT2D eigenvalue weighted by Crippen LogP contribution is 2.51. The van der Waals surface area contributed by atoms with Gasteiger partial charge in [-0.25, -0.2) is 9.18 Å². The van der Waals surface area contributed by atoms with Crippen molar-refractivity contribution in [1.82, 2.24) is 0 Å². The smallest absolute Gasteiger partial charge is 0.235 e. The van der Waals surface area contributed by atoms with Gasteiger partial charge in [-0.3, -0.25) is 0 Å². The van der Waals surface area contributed by atoms with Crippen LogP contribution in [0.15, 0.2) is 11.1 Å². The van der Waals surface area contributed by atoms with Gasteiger partial charge >= 0.3 is 0 Å². The predicted octanol–water partition coefficient (Wildman–Crippen LogP) is 3.30. The topological polar surface area (TPSA) is 58.9 Å². The fourth-order valence-electron chi connectivity index (χ4n) is 2.68. The van der Waals surface area contributed by atoms with Crippen LogP contribution >= 0.6 is 11.6 Å². The number of ether oxygens (including phenoxy) is 1. The number of aromatic hydroxyl groups is 1. The minimum atomic E-state index is -0.955. The van der Waals surface area contributed by atoms with Crippen LogP contribution < -0.4 is 4.74 Å². The Morgan fingerprint density at radius 2 is 2.16 bits per heavy atom. The van der Waals surface area contributed by atoms with Gasteiger partial charge in [0.05, 0.1) is 12.1 Å². The zero-order valence-electron chi connectivity index (χ0n) is 10.4. The molecule has 1 fully saturated rings. The summed E-state index contributed by atoms with van der Waals surface area (Å²) in [5.74, 6) is -1.05. The first-order valence-corrected chi connectivity index (χ1v) is 6.28. The predicted molar refractivity (Wildman–Crippen MR) is 67.9 cm³/mol. The van der Waals surface area contributed by atoms with Crippen LogP contribution in [0.4, 0.5) is 4.39 Å². The van der Waals surface area contributed by atoms with Gasteiger partial charge < -0.3 is 9.84 Å². The van der Waals surface area contributed by atoms with E-state index in [2.05, 4.69) is 4.99 Å². The highest BCUT2D eigenvalue weighted by molar-refractivity contribution is 6.32. The third-order valence-electron chi connectivity index (χ3n) is 3.51. The maximum absolute atomic E-state index is 13.7. The number of carbonyl (C=O) groups excluding carboxylic acids is 1. The summed E-state index contributed by atoms with van der Waals surface area (Å²) in [7, 11) is 1.35. The van der Waals surface area contributed by atoms with Crippen LogP contribution in [0.1, 0.15) is 31.2 Å².